The van der Waals surface area contributed by atoms with Gasteiger partial charge in [0.15, 0.2) is 17.3 Å². The number of ether oxygens (including phenoxy) is 3. The van der Waals surface area contributed by atoms with Crippen molar-refractivity contribution in [2.24, 2.45) is 0 Å². The minimum atomic E-state index is -3.71. The highest BCUT2D eigenvalue weighted by Gasteiger charge is 2.45. The zero-order valence-corrected chi connectivity index (χ0v) is 20.6. The van der Waals surface area contributed by atoms with Crippen LogP contribution in [0.4, 0.5) is 0 Å². The normalized spacial score (nSPS) is 18.5. The Morgan fingerprint density at radius 3 is 2.24 bits per heavy atom. The molecule has 178 valence electrons. The van der Waals surface area contributed by atoms with Gasteiger partial charge < -0.3 is 14.2 Å². The summed E-state index contributed by atoms with van der Waals surface area (Å²) >= 11 is 0. The quantitative estimate of drug-likeness (QED) is 0.662. The molecular formula is C25H31NO6S. The monoisotopic (exact) mass is 473 g/mol. The van der Waals surface area contributed by atoms with Gasteiger partial charge in [-0.15, -0.1) is 0 Å². The lowest BCUT2D eigenvalue weighted by atomic mass is 9.80. The Hall–Kier alpha value is -2.58. The van der Waals surface area contributed by atoms with Crippen LogP contribution >= 0.6 is 0 Å². The molecule has 33 heavy (non-hydrogen) atoms. The molecule has 7 nitrogen and oxygen atoms in total. The fraction of sp³-hybridized carbons (Fsp3) is 0.480. The van der Waals surface area contributed by atoms with Crippen LogP contribution < -0.4 is 14.2 Å². The highest BCUT2D eigenvalue weighted by Crippen LogP contribution is 2.42. The van der Waals surface area contributed by atoms with Crippen LogP contribution in [0.2, 0.25) is 0 Å². The lowest BCUT2D eigenvalue weighted by Gasteiger charge is -2.43. The molecule has 1 fully saturated rings. The molecule has 0 saturated carbocycles. The van der Waals surface area contributed by atoms with Gasteiger partial charge in [0, 0.05) is 32.0 Å². The molecule has 4 rings (SSSR count). The number of methoxy groups -OCH3 is 2. The number of fused-ring (bicyclic) bond motifs is 1. The summed E-state index contributed by atoms with van der Waals surface area (Å²) < 4.78 is 44.8. The smallest absolute Gasteiger partial charge is 0.243 e. The molecule has 0 amide bonds. The number of benzene rings is 2. The molecule has 0 aromatic heterocycles. The standard InChI is InChI=1S/C25H31NO6S/c1-24(2,3)17-6-8-21-19(14-17)20(27)16-25(32-21)10-12-26(13-11-25)33(28,29)18-7-9-22(30-4)23(15-18)31-5/h6-9,14-15H,10-13,16H2,1-5H3. The van der Waals surface area contributed by atoms with Gasteiger partial charge >= 0.3 is 0 Å². The number of piperidine rings is 1. The van der Waals surface area contributed by atoms with Gasteiger partial charge in [-0.3, -0.25) is 4.79 Å². The van der Waals surface area contributed by atoms with E-state index >= 15 is 0 Å². The first-order valence-electron chi connectivity index (χ1n) is 11.1. The predicted octanol–water partition coefficient (Wildman–Crippen LogP) is 4.19. The summed E-state index contributed by atoms with van der Waals surface area (Å²) in [5.41, 5.74) is 0.976. The molecule has 0 aliphatic carbocycles. The summed E-state index contributed by atoms with van der Waals surface area (Å²) in [7, 11) is -0.739. The van der Waals surface area contributed by atoms with Crippen molar-refractivity contribution in [3.05, 3.63) is 47.5 Å². The van der Waals surface area contributed by atoms with Crippen molar-refractivity contribution in [1.29, 1.82) is 0 Å². The second-order valence-electron chi connectivity index (χ2n) is 9.77. The van der Waals surface area contributed by atoms with Gasteiger partial charge in [-0.2, -0.15) is 4.31 Å². The molecule has 2 aliphatic heterocycles. The highest BCUT2D eigenvalue weighted by atomic mass is 32.2. The van der Waals surface area contributed by atoms with E-state index in [9.17, 15) is 13.2 Å². The summed E-state index contributed by atoms with van der Waals surface area (Å²) in [6.45, 7) is 6.88. The van der Waals surface area contributed by atoms with Crippen molar-refractivity contribution >= 4 is 15.8 Å². The summed E-state index contributed by atoms with van der Waals surface area (Å²) in [6, 6.07) is 10.4. The molecule has 2 aliphatic rings. The third kappa shape index (κ3) is 4.34. The van der Waals surface area contributed by atoms with E-state index in [1.165, 1.54) is 30.7 Å². The molecule has 1 saturated heterocycles. The summed E-state index contributed by atoms with van der Waals surface area (Å²) in [4.78, 5) is 13.2. The van der Waals surface area contributed by atoms with Crippen molar-refractivity contribution in [3.63, 3.8) is 0 Å². The number of Topliss-reactive ketones (excluding diaryl/α,β-unsaturated/α-hetero) is 1. The summed E-state index contributed by atoms with van der Waals surface area (Å²) in [5.74, 6) is 1.48. The van der Waals surface area contributed by atoms with Gasteiger partial charge in [-0.05, 0) is 35.2 Å². The van der Waals surface area contributed by atoms with Gasteiger partial charge in [0.05, 0.1) is 31.1 Å². The van der Waals surface area contributed by atoms with Crippen LogP contribution in [0.1, 0.15) is 56.0 Å². The maximum Gasteiger partial charge on any atom is 0.243 e. The zero-order valence-electron chi connectivity index (χ0n) is 19.8. The zero-order chi connectivity index (χ0) is 24.0. The fourth-order valence-electron chi connectivity index (χ4n) is 4.50. The Bertz CT molecular complexity index is 1170. The van der Waals surface area contributed by atoms with Gasteiger partial charge in [0.25, 0.3) is 0 Å². The number of carbonyl (C=O) groups excluding carboxylic acids is 1. The molecule has 2 aromatic rings. The second-order valence-corrected chi connectivity index (χ2v) is 11.7. The minimum absolute atomic E-state index is 0.0542. The molecule has 0 radical (unpaired) electrons. The molecule has 2 aromatic carbocycles. The molecule has 0 unspecified atom stereocenters. The Kier molecular flexibility index (Phi) is 5.95. The molecule has 0 atom stereocenters. The molecule has 8 heteroatoms. The van der Waals surface area contributed by atoms with Crippen molar-refractivity contribution in [2.75, 3.05) is 27.3 Å². The van der Waals surface area contributed by atoms with Gasteiger partial charge in [0.2, 0.25) is 10.0 Å². The van der Waals surface area contributed by atoms with E-state index in [1.807, 2.05) is 18.2 Å². The number of nitrogens with zero attached hydrogens (tertiary/aromatic N) is 1. The fourth-order valence-corrected chi connectivity index (χ4v) is 5.96. The number of sulfonamides is 1. The Morgan fingerprint density at radius 2 is 1.64 bits per heavy atom. The number of ketones is 1. The number of carbonyl (C=O) groups is 1. The van der Waals surface area contributed by atoms with Crippen LogP contribution in [-0.2, 0) is 15.4 Å². The van der Waals surface area contributed by atoms with E-state index in [4.69, 9.17) is 14.2 Å². The van der Waals surface area contributed by atoms with E-state index in [0.717, 1.165) is 5.56 Å². The van der Waals surface area contributed by atoms with Crippen molar-refractivity contribution < 1.29 is 27.4 Å². The Balaban J connectivity index is 1.52. The SMILES string of the molecule is COc1ccc(S(=O)(=O)N2CCC3(CC2)CC(=O)c2cc(C(C)(C)C)ccc2O3)cc1OC. The van der Waals surface area contributed by atoms with Crippen molar-refractivity contribution in [2.45, 2.75) is 55.9 Å². The van der Waals surface area contributed by atoms with Crippen molar-refractivity contribution in [1.82, 2.24) is 4.31 Å². The van der Waals surface area contributed by atoms with Gasteiger partial charge in [-0.25, -0.2) is 8.42 Å². The summed E-state index contributed by atoms with van der Waals surface area (Å²) in [6.07, 6.45) is 1.16. The predicted molar refractivity (Wildman–Crippen MR) is 125 cm³/mol. The minimum Gasteiger partial charge on any atom is -0.493 e. The van der Waals surface area contributed by atoms with Crippen LogP contribution in [0.25, 0.3) is 0 Å². The maximum atomic E-state index is 13.2. The maximum absolute atomic E-state index is 13.2. The second kappa shape index (κ2) is 8.33. The van der Waals surface area contributed by atoms with E-state index in [-0.39, 0.29) is 35.6 Å². The third-order valence-corrected chi connectivity index (χ3v) is 8.48. The van der Waals surface area contributed by atoms with Crippen LogP contribution in [0.5, 0.6) is 17.2 Å². The number of hydrogen-bond donors (Lipinski definition) is 0. The Morgan fingerprint density at radius 1 is 0.970 bits per heavy atom. The third-order valence-electron chi connectivity index (χ3n) is 6.58. The average molecular weight is 474 g/mol. The molecule has 2 heterocycles. The average Bonchev–Trinajstić information content (AvgIpc) is 2.78. The van der Waals surface area contributed by atoms with Crippen LogP contribution in [-0.4, -0.2) is 51.4 Å². The first-order chi connectivity index (χ1) is 15.5. The van der Waals surface area contributed by atoms with Crippen LogP contribution in [0.3, 0.4) is 0 Å². The largest absolute Gasteiger partial charge is 0.493 e. The topological polar surface area (TPSA) is 82.1 Å². The molecule has 0 bridgehead atoms. The van der Waals surface area contributed by atoms with Crippen LogP contribution in [0.15, 0.2) is 41.3 Å². The van der Waals surface area contributed by atoms with E-state index in [2.05, 4.69) is 20.8 Å². The summed E-state index contributed by atoms with van der Waals surface area (Å²) in [5, 5.41) is 0. The van der Waals surface area contributed by atoms with E-state index in [0.29, 0.717) is 35.7 Å². The molecular weight excluding hydrogens is 442 g/mol. The first kappa shape index (κ1) is 23.6. The van der Waals surface area contributed by atoms with E-state index < -0.39 is 15.6 Å². The lowest BCUT2D eigenvalue weighted by Crippen LogP contribution is -2.52. The number of hydrogen-bond acceptors (Lipinski definition) is 6. The lowest BCUT2D eigenvalue weighted by molar-refractivity contribution is 0.00587. The molecule has 0 N–H and O–H groups in total. The molecule has 1 spiro atoms. The van der Waals surface area contributed by atoms with Crippen LogP contribution in [0, 0.1) is 0 Å². The highest BCUT2D eigenvalue weighted by molar-refractivity contribution is 7.89. The Labute approximate surface area is 195 Å². The van der Waals surface area contributed by atoms with Gasteiger partial charge in [0.1, 0.15) is 11.4 Å². The first-order valence-corrected chi connectivity index (χ1v) is 12.5. The van der Waals surface area contributed by atoms with Crippen molar-refractivity contribution in [3.8, 4) is 17.2 Å². The number of rotatable bonds is 4. The van der Waals surface area contributed by atoms with Gasteiger partial charge in [-0.1, -0.05) is 26.8 Å². The van der Waals surface area contributed by atoms with E-state index in [1.54, 1.807) is 6.07 Å².